The van der Waals surface area contributed by atoms with Crippen LogP contribution in [0.15, 0.2) is 66.7 Å². The summed E-state index contributed by atoms with van der Waals surface area (Å²) in [5.41, 5.74) is 3.74. The second kappa shape index (κ2) is 15.1. The SMILES string of the molecule is CCc1cc(OCCCCCCCc2ccc(C(=O)NCCC(=O)O)cc2)ccc1-c1ccc(C(F)(F)F)cc1. The predicted octanol–water partition coefficient (Wildman–Crippen LogP) is 7.71. The summed E-state index contributed by atoms with van der Waals surface area (Å²) < 4.78 is 44.5. The number of rotatable bonds is 15. The fourth-order valence-corrected chi connectivity index (χ4v) is 4.43. The van der Waals surface area contributed by atoms with E-state index in [2.05, 4.69) is 5.32 Å². The summed E-state index contributed by atoms with van der Waals surface area (Å²) in [5.74, 6) is -0.441. The smallest absolute Gasteiger partial charge is 0.416 e. The van der Waals surface area contributed by atoms with Gasteiger partial charge in [0.15, 0.2) is 0 Å². The molecule has 0 aromatic heterocycles. The van der Waals surface area contributed by atoms with E-state index in [4.69, 9.17) is 9.84 Å². The summed E-state index contributed by atoms with van der Waals surface area (Å²) in [5, 5.41) is 11.2. The second-order valence-electron chi connectivity index (χ2n) is 9.71. The van der Waals surface area contributed by atoms with Crippen molar-refractivity contribution in [2.45, 2.75) is 64.5 Å². The minimum atomic E-state index is -4.34. The largest absolute Gasteiger partial charge is 0.494 e. The first-order valence-corrected chi connectivity index (χ1v) is 13.7. The number of unbranched alkanes of at least 4 members (excludes halogenated alkanes) is 4. The van der Waals surface area contributed by atoms with Gasteiger partial charge in [0.05, 0.1) is 18.6 Å². The maximum absolute atomic E-state index is 12.9. The maximum Gasteiger partial charge on any atom is 0.416 e. The van der Waals surface area contributed by atoms with Crippen molar-refractivity contribution in [3.63, 3.8) is 0 Å². The van der Waals surface area contributed by atoms with E-state index in [9.17, 15) is 22.8 Å². The molecule has 0 radical (unpaired) electrons. The van der Waals surface area contributed by atoms with Crippen molar-refractivity contribution in [3.8, 4) is 16.9 Å². The number of carboxylic acid groups (broad SMARTS) is 1. The Balaban J connectivity index is 1.33. The van der Waals surface area contributed by atoms with Crippen molar-refractivity contribution >= 4 is 11.9 Å². The number of carbonyl (C=O) groups excluding carboxylic acids is 1. The monoisotopic (exact) mass is 555 g/mol. The lowest BCUT2D eigenvalue weighted by Gasteiger charge is -2.13. The van der Waals surface area contributed by atoms with Crippen LogP contribution < -0.4 is 10.1 Å². The first-order valence-electron chi connectivity index (χ1n) is 13.7. The topological polar surface area (TPSA) is 75.6 Å². The van der Waals surface area contributed by atoms with Gasteiger partial charge in [-0.3, -0.25) is 9.59 Å². The van der Waals surface area contributed by atoms with Crippen LogP contribution in [0.5, 0.6) is 5.75 Å². The molecule has 0 atom stereocenters. The van der Waals surface area contributed by atoms with Gasteiger partial charge in [-0.25, -0.2) is 0 Å². The van der Waals surface area contributed by atoms with E-state index in [-0.39, 0.29) is 18.9 Å². The number of carbonyl (C=O) groups is 2. The maximum atomic E-state index is 12.9. The van der Waals surface area contributed by atoms with E-state index < -0.39 is 17.7 Å². The molecule has 2 N–H and O–H groups in total. The summed E-state index contributed by atoms with van der Waals surface area (Å²) in [7, 11) is 0. The number of hydrogen-bond donors (Lipinski definition) is 2. The molecule has 0 saturated carbocycles. The average molecular weight is 556 g/mol. The molecule has 0 heterocycles. The second-order valence-corrected chi connectivity index (χ2v) is 9.71. The van der Waals surface area contributed by atoms with E-state index >= 15 is 0 Å². The Morgan fingerprint density at radius 3 is 2.20 bits per heavy atom. The fraction of sp³-hybridized carbons (Fsp3) is 0.375. The Morgan fingerprint density at radius 2 is 1.55 bits per heavy atom. The Hall–Kier alpha value is -3.81. The zero-order chi connectivity index (χ0) is 29.0. The van der Waals surface area contributed by atoms with Crippen molar-refractivity contribution < 1.29 is 32.6 Å². The Bertz CT molecular complexity index is 1240. The zero-order valence-corrected chi connectivity index (χ0v) is 22.7. The van der Waals surface area contributed by atoms with Crippen LogP contribution in [-0.2, 0) is 23.8 Å². The van der Waals surface area contributed by atoms with Crippen LogP contribution >= 0.6 is 0 Å². The van der Waals surface area contributed by atoms with Crippen molar-refractivity contribution in [3.05, 3.63) is 89.0 Å². The van der Waals surface area contributed by atoms with Crippen LogP contribution in [0.1, 0.15) is 72.5 Å². The highest BCUT2D eigenvalue weighted by Gasteiger charge is 2.30. The van der Waals surface area contributed by atoms with Crippen LogP contribution in [0.4, 0.5) is 13.2 Å². The van der Waals surface area contributed by atoms with Crippen LogP contribution in [0, 0.1) is 0 Å². The average Bonchev–Trinajstić information content (AvgIpc) is 2.94. The molecule has 5 nitrogen and oxygen atoms in total. The molecule has 0 bridgehead atoms. The van der Waals surface area contributed by atoms with Crippen molar-refractivity contribution in [1.29, 1.82) is 0 Å². The highest BCUT2D eigenvalue weighted by molar-refractivity contribution is 5.94. The third kappa shape index (κ3) is 9.74. The van der Waals surface area contributed by atoms with Crippen molar-refractivity contribution in [1.82, 2.24) is 5.32 Å². The molecule has 1 amide bonds. The summed E-state index contributed by atoms with van der Waals surface area (Å²) in [4.78, 5) is 22.6. The molecular formula is C32H36F3NO4. The van der Waals surface area contributed by atoms with Gasteiger partial charge in [-0.05, 0) is 84.3 Å². The molecule has 3 aromatic carbocycles. The van der Waals surface area contributed by atoms with Gasteiger partial charge in [0.2, 0.25) is 0 Å². The molecule has 8 heteroatoms. The summed E-state index contributed by atoms with van der Waals surface area (Å²) in [6, 6.07) is 18.4. The number of ether oxygens (including phenoxy) is 1. The first kappa shape index (κ1) is 30.7. The summed E-state index contributed by atoms with van der Waals surface area (Å²) in [6.45, 7) is 2.74. The van der Waals surface area contributed by atoms with Gasteiger partial charge in [0, 0.05) is 12.1 Å². The molecule has 40 heavy (non-hydrogen) atoms. The lowest BCUT2D eigenvalue weighted by atomic mass is 9.97. The van der Waals surface area contributed by atoms with E-state index in [0.29, 0.717) is 12.2 Å². The Labute approximate surface area is 233 Å². The zero-order valence-electron chi connectivity index (χ0n) is 22.7. The molecule has 0 fully saturated rings. The fourth-order valence-electron chi connectivity index (χ4n) is 4.43. The molecule has 214 valence electrons. The number of halogens is 3. The number of nitrogens with one attached hydrogen (secondary N) is 1. The van der Waals surface area contributed by atoms with Gasteiger partial charge in [-0.15, -0.1) is 0 Å². The van der Waals surface area contributed by atoms with E-state index in [1.807, 2.05) is 37.3 Å². The molecular weight excluding hydrogens is 519 g/mol. The highest BCUT2D eigenvalue weighted by atomic mass is 19.4. The molecule has 0 spiro atoms. The number of alkyl halides is 3. The number of aryl methyl sites for hydroxylation is 2. The number of aliphatic carboxylic acids is 1. The van der Waals surface area contributed by atoms with Crippen LogP contribution in [0.2, 0.25) is 0 Å². The molecule has 0 aliphatic rings. The van der Waals surface area contributed by atoms with Crippen molar-refractivity contribution in [2.24, 2.45) is 0 Å². The van der Waals surface area contributed by atoms with E-state index in [1.165, 1.54) is 12.1 Å². The first-order chi connectivity index (χ1) is 19.2. The van der Waals surface area contributed by atoms with E-state index in [0.717, 1.165) is 85.1 Å². The van der Waals surface area contributed by atoms with E-state index in [1.54, 1.807) is 12.1 Å². The molecule has 0 unspecified atom stereocenters. The number of carboxylic acids is 1. The third-order valence-electron chi connectivity index (χ3n) is 6.70. The molecule has 0 aliphatic heterocycles. The summed E-state index contributed by atoms with van der Waals surface area (Å²) >= 11 is 0. The van der Waals surface area contributed by atoms with Gasteiger partial charge >= 0.3 is 12.1 Å². The van der Waals surface area contributed by atoms with Crippen LogP contribution in [0.3, 0.4) is 0 Å². The van der Waals surface area contributed by atoms with Gasteiger partial charge in [0.25, 0.3) is 5.91 Å². The Kier molecular flexibility index (Phi) is 11.6. The minimum absolute atomic E-state index is 0.0997. The number of benzene rings is 3. The standard InChI is InChI=1S/C32H36F3NO4/c1-2-24-22-28(17-18-29(24)25-13-15-27(16-14-25)32(33,34)35)40-21-7-5-3-4-6-8-23-9-11-26(12-10-23)31(39)36-20-19-30(37)38/h9-18,22H,2-8,19-21H2,1H3,(H,36,39)(H,37,38). The van der Waals surface area contributed by atoms with Crippen LogP contribution in [-0.4, -0.2) is 30.1 Å². The normalized spacial score (nSPS) is 11.3. The predicted molar refractivity (Wildman–Crippen MR) is 150 cm³/mol. The number of hydrogen-bond acceptors (Lipinski definition) is 3. The molecule has 3 rings (SSSR count). The lowest BCUT2D eigenvalue weighted by Crippen LogP contribution is -2.25. The lowest BCUT2D eigenvalue weighted by molar-refractivity contribution is -0.138. The molecule has 3 aromatic rings. The Morgan fingerprint density at radius 1 is 0.875 bits per heavy atom. The van der Waals surface area contributed by atoms with Crippen molar-refractivity contribution in [2.75, 3.05) is 13.2 Å². The quantitative estimate of drug-likeness (QED) is 0.188. The van der Waals surface area contributed by atoms with Gasteiger partial charge in [0.1, 0.15) is 5.75 Å². The molecule has 0 aliphatic carbocycles. The highest BCUT2D eigenvalue weighted by Crippen LogP contribution is 2.33. The van der Waals surface area contributed by atoms with Gasteiger partial charge in [-0.2, -0.15) is 13.2 Å². The minimum Gasteiger partial charge on any atom is -0.494 e. The van der Waals surface area contributed by atoms with Gasteiger partial charge < -0.3 is 15.2 Å². The van der Waals surface area contributed by atoms with Crippen LogP contribution in [0.25, 0.3) is 11.1 Å². The summed E-state index contributed by atoms with van der Waals surface area (Å²) in [6.07, 6.45) is 2.48. The van der Waals surface area contributed by atoms with Gasteiger partial charge in [-0.1, -0.05) is 56.5 Å². The third-order valence-corrected chi connectivity index (χ3v) is 6.70. The molecule has 0 saturated heterocycles. The number of amides is 1.